The van der Waals surface area contributed by atoms with Crippen molar-refractivity contribution in [3.05, 3.63) is 84.4 Å². The molecule has 1 aliphatic heterocycles. The van der Waals surface area contributed by atoms with Gasteiger partial charge in [0.15, 0.2) is 11.5 Å². The number of nitrogens with zero attached hydrogens (tertiary/aromatic N) is 1. The fraction of sp³-hybridized carbons (Fsp3) is 0.280. The molecule has 0 unspecified atom stereocenters. The number of piperazine rings is 1. The number of hydrogen-bond donors (Lipinski definition) is 1. The first-order valence-electron chi connectivity index (χ1n) is 10.5. The molecule has 31 heavy (non-hydrogen) atoms. The molecular weight excluding hydrogens is 398 g/mol. The van der Waals surface area contributed by atoms with Crippen molar-refractivity contribution in [2.45, 2.75) is 18.9 Å². The quantitative estimate of drug-likeness (QED) is 0.490. The van der Waals surface area contributed by atoms with Crippen molar-refractivity contribution in [1.82, 2.24) is 10.2 Å². The van der Waals surface area contributed by atoms with Crippen LogP contribution in [0, 0.1) is 0 Å². The van der Waals surface area contributed by atoms with E-state index >= 15 is 0 Å². The number of rotatable bonds is 8. The Morgan fingerprint density at radius 3 is 1.94 bits per heavy atom. The number of halogens is 2. The SMILES string of the molecule is FC(F)C[C@@H](c1ccc(Oc2ccccc2)c(Oc2ccccc2)c1)N1CCNCC1. The van der Waals surface area contributed by atoms with Gasteiger partial charge in [-0.05, 0) is 42.0 Å². The molecule has 4 rings (SSSR count). The van der Waals surface area contributed by atoms with Crippen molar-refractivity contribution in [2.24, 2.45) is 0 Å². The molecule has 0 radical (unpaired) electrons. The molecule has 1 fully saturated rings. The van der Waals surface area contributed by atoms with E-state index in [2.05, 4.69) is 10.2 Å². The Labute approximate surface area is 181 Å². The van der Waals surface area contributed by atoms with Gasteiger partial charge in [-0.15, -0.1) is 0 Å². The highest BCUT2D eigenvalue weighted by molar-refractivity contribution is 5.48. The van der Waals surface area contributed by atoms with Gasteiger partial charge in [0.2, 0.25) is 6.43 Å². The number of hydrogen-bond acceptors (Lipinski definition) is 4. The predicted molar refractivity (Wildman–Crippen MR) is 117 cm³/mol. The number of ether oxygens (including phenoxy) is 2. The summed E-state index contributed by atoms with van der Waals surface area (Å²) in [7, 11) is 0. The molecule has 0 amide bonds. The predicted octanol–water partition coefficient (Wildman–Crippen LogP) is 5.87. The molecule has 4 nitrogen and oxygen atoms in total. The molecule has 1 N–H and O–H groups in total. The highest BCUT2D eigenvalue weighted by Gasteiger charge is 2.26. The first-order valence-corrected chi connectivity index (χ1v) is 10.5. The summed E-state index contributed by atoms with van der Waals surface area (Å²) >= 11 is 0. The molecule has 1 aliphatic rings. The summed E-state index contributed by atoms with van der Waals surface area (Å²) in [4.78, 5) is 2.11. The number of benzene rings is 3. The van der Waals surface area contributed by atoms with Crippen LogP contribution in [0.1, 0.15) is 18.0 Å². The molecule has 1 saturated heterocycles. The first kappa shape index (κ1) is 21.3. The van der Waals surface area contributed by atoms with Gasteiger partial charge in [0.1, 0.15) is 11.5 Å². The Kier molecular flexibility index (Phi) is 7.12. The Morgan fingerprint density at radius 1 is 0.774 bits per heavy atom. The zero-order valence-electron chi connectivity index (χ0n) is 17.2. The lowest BCUT2D eigenvalue weighted by Gasteiger charge is -2.35. The van der Waals surface area contributed by atoms with Gasteiger partial charge >= 0.3 is 0 Å². The van der Waals surface area contributed by atoms with E-state index in [0.29, 0.717) is 23.0 Å². The van der Waals surface area contributed by atoms with Crippen LogP contribution in [0.4, 0.5) is 8.78 Å². The van der Waals surface area contributed by atoms with Crippen LogP contribution in [-0.4, -0.2) is 37.5 Å². The van der Waals surface area contributed by atoms with Crippen molar-refractivity contribution < 1.29 is 18.3 Å². The van der Waals surface area contributed by atoms with E-state index in [4.69, 9.17) is 9.47 Å². The molecule has 0 spiro atoms. The van der Waals surface area contributed by atoms with E-state index in [1.54, 1.807) is 6.07 Å². The average molecular weight is 424 g/mol. The van der Waals surface area contributed by atoms with Crippen LogP contribution in [-0.2, 0) is 0 Å². The second kappa shape index (κ2) is 10.4. The summed E-state index contributed by atoms with van der Waals surface area (Å²) in [5, 5.41) is 3.28. The van der Waals surface area contributed by atoms with Gasteiger partial charge in [-0.25, -0.2) is 8.78 Å². The van der Waals surface area contributed by atoms with E-state index in [1.807, 2.05) is 72.8 Å². The second-order valence-corrected chi connectivity index (χ2v) is 7.46. The molecule has 0 aliphatic carbocycles. The summed E-state index contributed by atoms with van der Waals surface area (Å²) < 4.78 is 39.1. The minimum Gasteiger partial charge on any atom is -0.453 e. The second-order valence-electron chi connectivity index (χ2n) is 7.46. The molecule has 3 aromatic carbocycles. The van der Waals surface area contributed by atoms with E-state index < -0.39 is 6.43 Å². The Hall–Kier alpha value is -2.96. The standard InChI is InChI=1S/C25H26F2N2O2/c26-25(27)18-22(29-15-13-28-14-16-29)19-11-12-23(30-20-7-3-1-4-8-20)24(17-19)31-21-9-5-2-6-10-21/h1-12,17,22,25,28H,13-16,18H2/t22-/m0/s1. The lowest BCUT2D eigenvalue weighted by atomic mass is 10.0. The molecule has 1 heterocycles. The molecule has 0 bridgehead atoms. The smallest absolute Gasteiger partial charge is 0.240 e. The molecule has 1 atom stereocenters. The van der Waals surface area contributed by atoms with E-state index in [9.17, 15) is 8.78 Å². The van der Waals surface area contributed by atoms with Crippen LogP contribution in [0.3, 0.4) is 0 Å². The maximum absolute atomic E-state index is 13.4. The van der Waals surface area contributed by atoms with E-state index in [1.165, 1.54) is 0 Å². The fourth-order valence-electron chi connectivity index (χ4n) is 3.79. The van der Waals surface area contributed by atoms with Gasteiger partial charge < -0.3 is 14.8 Å². The molecule has 0 aromatic heterocycles. The lowest BCUT2D eigenvalue weighted by molar-refractivity contribution is 0.0738. The van der Waals surface area contributed by atoms with E-state index in [-0.39, 0.29) is 12.5 Å². The molecule has 3 aromatic rings. The Bertz CT molecular complexity index is 948. The first-order chi connectivity index (χ1) is 15.2. The molecule has 6 heteroatoms. The number of alkyl halides is 2. The average Bonchev–Trinajstić information content (AvgIpc) is 2.80. The summed E-state index contributed by atoms with van der Waals surface area (Å²) in [5.41, 5.74) is 0.800. The zero-order valence-corrected chi connectivity index (χ0v) is 17.2. The van der Waals surface area contributed by atoms with Gasteiger partial charge in [-0.1, -0.05) is 42.5 Å². The monoisotopic (exact) mass is 424 g/mol. The highest BCUT2D eigenvalue weighted by atomic mass is 19.3. The minimum absolute atomic E-state index is 0.219. The largest absolute Gasteiger partial charge is 0.453 e. The summed E-state index contributed by atoms with van der Waals surface area (Å²) in [6.45, 7) is 3.05. The van der Waals surface area contributed by atoms with Crippen molar-refractivity contribution in [3.63, 3.8) is 0 Å². The minimum atomic E-state index is -2.39. The lowest BCUT2D eigenvalue weighted by Crippen LogP contribution is -2.45. The van der Waals surface area contributed by atoms with Crippen molar-refractivity contribution in [1.29, 1.82) is 0 Å². The van der Waals surface area contributed by atoms with Crippen LogP contribution in [0.15, 0.2) is 78.9 Å². The maximum Gasteiger partial charge on any atom is 0.240 e. The van der Waals surface area contributed by atoms with Gasteiger partial charge in [0.05, 0.1) is 0 Å². The van der Waals surface area contributed by atoms with Crippen LogP contribution >= 0.6 is 0 Å². The Balaban J connectivity index is 1.68. The third-order valence-corrected chi connectivity index (χ3v) is 5.29. The van der Waals surface area contributed by atoms with Gasteiger partial charge in [-0.3, -0.25) is 4.90 Å². The third-order valence-electron chi connectivity index (χ3n) is 5.29. The van der Waals surface area contributed by atoms with Crippen molar-refractivity contribution in [3.8, 4) is 23.0 Å². The Morgan fingerprint density at radius 2 is 1.35 bits per heavy atom. The van der Waals surface area contributed by atoms with Gasteiger partial charge in [0, 0.05) is 38.6 Å². The zero-order chi connectivity index (χ0) is 21.5. The molecular formula is C25H26F2N2O2. The molecule has 0 saturated carbocycles. The van der Waals surface area contributed by atoms with Crippen LogP contribution in [0.2, 0.25) is 0 Å². The fourth-order valence-corrected chi connectivity index (χ4v) is 3.79. The van der Waals surface area contributed by atoms with Crippen LogP contribution in [0.5, 0.6) is 23.0 Å². The van der Waals surface area contributed by atoms with Gasteiger partial charge in [-0.2, -0.15) is 0 Å². The van der Waals surface area contributed by atoms with Crippen LogP contribution < -0.4 is 14.8 Å². The third kappa shape index (κ3) is 5.81. The normalized spacial score (nSPS) is 15.6. The summed E-state index contributed by atoms with van der Waals surface area (Å²) in [5.74, 6) is 2.38. The topological polar surface area (TPSA) is 33.7 Å². The highest BCUT2D eigenvalue weighted by Crippen LogP contribution is 2.39. The summed E-state index contributed by atoms with van der Waals surface area (Å²) in [6, 6.07) is 23.9. The molecule has 162 valence electrons. The number of para-hydroxylation sites is 2. The summed E-state index contributed by atoms with van der Waals surface area (Å²) in [6.07, 6.45) is -2.61. The van der Waals surface area contributed by atoms with Gasteiger partial charge in [0.25, 0.3) is 0 Å². The maximum atomic E-state index is 13.4. The van der Waals surface area contributed by atoms with Crippen molar-refractivity contribution >= 4 is 0 Å². The van der Waals surface area contributed by atoms with E-state index in [0.717, 1.165) is 31.7 Å². The van der Waals surface area contributed by atoms with Crippen molar-refractivity contribution in [2.75, 3.05) is 26.2 Å². The van der Waals surface area contributed by atoms with Crippen LogP contribution in [0.25, 0.3) is 0 Å². The number of nitrogens with one attached hydrogen (secondary N) is 1.